The summed E-state index contributed by atoms with van der Waals surface area (Å²) >= 11 is 0. The van der Waals surface area contributed by atoms with Gasteiger partial charge in [-0.25, -0.2) is 9.97 Å². The van der Waals surface area contributed by atoms with Crippen molar-refractivity contribution in [2.75, 3.05) is 19.0 Å². The molecule has 32 heavy (non-hydrogen) atoms. The van der Waals surface area contributed by atoms with Crippen molar-refractivity contribution in [1.82, 2.24) is 9.97 Å². The maximum atomic E-state index is 11.2. The van der Waals surface area contributed by atoms with Gasteiger partial charge in [0.25, 0.3) is 0 Å². The van der Waals surface area contributed by atoms with Gasteiger partial charge in [0, 0.05) is 22.8 Å². The Morgan fingerprint density at radius 3 is 2.56 bits per heavy atom. The number of hydrogen-bond donors (Lipinski definition) is 2. The molecule has 0 saturated carbocycles. The van der Waals surface area contributed by atoms with Crippen molar-refractivity contribution in [3.05, 3.63) is 83.2 Å². The number of rotatable bonds is 7. The fraction of sp³-hybridized carbons (Fsp3) is 0.231. The van der Waals surface area contributed by atoms with E-state index in [4.69, 9.17) is 9.47 Å². The SMILES string of the molecule is CCOc1cc([C@@H](Nc2cc(C)ccn2)c2ccc3ccc(C)nc3c2O)ccc1OC. The predicted molar refractivity (Wildman–Crippen MR) is 127 cm³/mol. The third kappa shape index (κ3) is 4.30. The quantitative estimate of drug-likeness (QED) is 0.400. The monoisotopic (exact) mass is 429 g/mol. The van der Waals surface area contributed by atoms with Gasteiger partial charge in [0.15, 0.2) is 11.5 Å². The van der Waals surface area contributed by atoms with Crippen LogP contribution in [0.2, 0.25) is 0 Å². The first-order chi connectivity index (χ1) is 15.5. The number of ether oxygens (including phenoxy) is 2. The number of phenolic OH excluding ortho intramolecular Hbond substituents is 1. The molecule has 6 nitrogen and oxygen atoms in total. The zero-order valence-corrected chi connectivity index (χ0v) is 18.7. The first-order valence-electron chi connectivity index (χ1n) is 10.6. The molecule has 0 unspecified atom stereocenters. The highest BCUT2D eigenvalue weighted by molar-refractivity contribution is 5.86. The minimum Gasteiger partial charge on any atom is -0.505 e. The zero-order chi connectivity index (χ0) is 22.7. The fourth-order valence-electron chi connectivity index (χ4n) is 3.76. The third-order valence-corrected chi connectivity index (χ3v) is 5.35. The number of nitrogens with zero attached hydrogens (tertiary/aromatic N) is 2. The van der Waals surface area contributed by atoms with Crippen molar-refractivity contribution in [2.24, 2.45) is 0 Å². The van der Waals surface area contributed by atoms with Gasteiger partial charge in [-0.05, 0) is 62.2 Å². The van der Waals surface area contributed by atoms with Crippen LogP contribution in [0.1, 0.15) is 35.3 Å². The summed E-state index contributed by atoms with van der Waals surface area (Å²) < 4.78 is 11.2. The molecule has 2 heterocycles. The highest BCUT2D eigenvalue weighted by atomic mass is 16.5. The van der Waals surface area contributed by atoms with Crippen LogP contribution in [0.4, 0.5) is 5.82 Å². The molecule has 2 N–H and O–H groups in total. The van der Waals surface area contributed by atoms with Crippen LogP contribution in [0.3, 0.4) is 0 Å². The minimum atomic E-state index is -0.388. The highest BCUT2D eigenvalue weighted by Gasteiger charge is 2.22. The van der Waals surface area contributed by atoms with E-state index in [0.717, 1.165) is 22.2 Å². The second-order valence-electron chi connectivity index (χ2n) is 7.67. The maximum Gasteiger partial charge on any atom is 0.161 e. The zero-order valence-electron chi connectivity index (χ0n) is 18.7. The molecule has 4 aromatic rings. The molecule has 0 bridgehead atoms. The average Bonchev–Trinajstić information content (AvgIpc) is 2.79. The normalized spacial score (nSPS) is 11.9. The molecule has 2 aromatic heterocycles. The number of hydrogen-bond acceptors (Lipinski definition) is 6. The number of anilines is 1. The Hall–Kier alpha value is -3.80. The number of methoxy groups -OCH3 is 1. The van der Waals surface area contributed by atoms with Crippen LogP contribution in [-0.2, 0) is 0 Å². The van der Waals surface area contributed by atoms with Crippen molar-refractivity contribution in [2.45, 2.75) is 26.8 Å². The third-order valence-electron chi connectivity index (χ3n) is 5.35. The van der Waals surface area contributed by atoms with Gasteiger partial charge in [-0.2, -0.15) is 0 Å². The molecule has 2 aromatic carbocycles. The van der Waals surface area contributed by atoms with E-state index in [1.807, 2.05) is 75.4 Å². The maximum absolute atomic E-state index is 11.2. The lowest BCUT2D eigenvalue weighted by Gasteiger charge is -2.23. The summed E-state index contributed by atoms with van der Waals surface area (Å²) in [4.78, 5) is 9.03. The van der Waals surface area contributed by atoms with E-state index in [2.05, 4.69) is 15.3 Å². The topological polar surface area (TPSA) is 76.5 Å². The molecule has 0 spiro atoms. The molecule has 4 rings (SSSR count). The number of fused-ring (bicyclic) bond motifs is 1. The van der Waals surface area contributed by atoms with Gasteiger partial charge in [-0.15, -0.1) is 0 Å². The lowest BCUT2D eigenvalue weighted by molar-refractivity contribution is 0.310. The molecule has 1 atom stereocenters. The van der Waals surface area contributed by atoms with Gasteiger partial charge in [-0.3, -0.25) is 0 Å². The van der Waals surface area contributed by atoms with Crippen molar-refractivity contribution in [3.63, 3.8) is 0 Å². The molecule has 164 valence electrons. The van der Waals surface area contributed by atoms with Crippen LogP contribution < -0.4 is 14.8 Å². The molecule has 0 saturated heterocycles. The summed E-state index contributed by atoms with van der Waals surface area (Å²) in [5, 5.41) is 15.6. The summed E-state index contributed by atoms with van der Waals surface area (Å²) in [6, 6.07) is 17.1. The largest absolute Gasteiger partial charge is 0.505 e. The Labute approximate surface area is 187 Å². The molecule has 0 radical (unpaired) electrons. The van der Waals surface area contributed by atoms with E-state index < -0.39 is 0 Å². The summed E-state index contributed by atoms with van der Waals surface area (Å²) in [6.07, 6.45) is 1.76. The molecule has 0 aliphatic heterocycles. The van der Waals surface area contributed by atoms with Gasteiger partial charge in [0.1, 0.15) is 17.1 Å². The summed E-state index contributed by atoms with van der Waals surface area (Å²) in [5.74, 6) is 2.15. The van der Waals surface area contributed by atoms with Crippen molar-refractivity contribution in [1.29, 1.82) is 0 Å². The standard InChI is InChI=1S/C26H27N3O3/c1-5-32-22-15-19(9-11-21(22)31-4)24(29-23-14-16(2)12-13-27-23)20-10-8-18-7-6-17(3)28-25(18)26(20)30/h6-15,24,30H,5H2,1-4H3,(H,27,29)/t24-/m1/s1. The van der Waals surface area contributed by atoms with Crippen molar-refractivity contribution >= 4 is 16.7 Å². The van der Waals surface area contributed by atoms with Crippen LogP contribution in [0.25, 0.3) is 10.9 Å². The van der Waals surface area contributed by atoms with E-state index in [0.29, 0.717) is 35.0 Å². The molecular weight excluding hydrogens is 402 g/mol. The first-order valence-corrected chi connectivity index (χ1v) is 10.6. The molecular formula is C26H27N3O3. The summed E-state index contributed by atoms with van der Waals surface area (Å²) in [6.45, 7) is 6.38. The van der Waals surface area contributed by atoms with Gasteiger partial charge in [-0.1, -0.05) is 24.3 Å². The number of nitrogens with one attached hydrogen (secondary N) is 1. The number of aryl methyl sites for hydroxylation is 2. The van der Waals surface area contributed by atoms with Gasteiger partial charge in [0.05, 0.1) is 19.8 Å². The van der Waals surface area contributed by atoms with Gasteiger partial charge < -0.3 is 19.9 Å². The lowest BCUT2D eigenvalue weighted by atomic mass is 9.95. The van der Waals surface area contributed by atoms with Crippen molar-refractivity contribution in [3.8, 4) is 17.2 Å². The predicted octanol–water partition coefficient (Wildman–Crippen LogP) is 5.56. The van der Waals surface area contributed by atoms with E-state index in [1.54, 1.807) is 13.3 Å². The Kier molecular flexibility index (Phi) is 6.12. The second-order valence-corrected chi connectivity index (χ2v) is 7.67. The fourth-order valence-corrected chi connectivity index (χ4v) is 3.76. The van der Waals surface area contributed by atoms with Crippen molar-refractivity contribution < 1.29 is 14.6 Å². The molecule has 0 aliphatic carbocycles. The Bertz CT molecular complexity index is 1260. The van der Waals surface area contributed by atoms with Crippen LogP contribution in [0.15, 0.2) is 60.8 Å². The highest BCUT2D eigenvalue weighted by Crippen LogP contribution is 2.39. The number of aromatic hydroxyl groups is 1. The smallest absolute Gasteiger partial charge is 0.161 e. The van der Waals surface area contributed by atoms with Crippen LogP contribution in [-0.4, -0.2) is 28.8 Å². The number of phenols is 1. The number of pyridine rings is 2. The summed E-state index contributed by atoms with van der Waals surface area (Å²) in [5.41, 5.74) is 4.11. The number of benzene rings is 2. The number of aromatic nitrogens is 2. The molecule has 0 aliphatic rings. The second kappa shape index (κ2) is 9.14. The summed E-state index contributed by atoms with van der Waals surface area (Å²) in [7, 11) is 1.62. The van der Waals surface area contributed by atoms with E-state index in [1.165, 1.54) is 0 Å². The lowest BCUT2D eigenvalue weighted by Crippen LogP contribution is -2.14. The Morgan fingerprint density at radius 1 is 1.00 bits per heavy atom. The average molecular weight is 430 g/mol. The van der Waals surface area contributed by atoms with E-state index in [-0.39, 0.29) is 11.8 Å². The van der Waals surface area contributed by atoms with E-state index >= 15 is 0 Å². The van der Waals surface area contributed by atoms with Crippen LogP contribution in [0.5, 0.6) is 17.2 Å². The Balaban J connectivity index is 1.88. The van der Waals surface area contributed by atoms with E-state index in [9.17, 15) is 5.11 Å². The van der Waals surface area contributed by atoms with Gasteiger partial charge in [0.2, 0.25) is 0 Å². The molecule has 6 heteroatoms. The minimum absolute atomic E-state index is 0.144. The molecule has 0 amide bonds. The van der Waals surface area contributed by atoms with Crippen LogP contribution in [0, 0.1) is 13.8 Å². The molecule has 0 fully saturated rings. The Morgan fingerprint density at radius 2 is 1.81 bits per heavy atom. The van der Waals surface area contributed by atoms with Crippen LogP contribution >= 0.6 is 0 Å². The van der Waals surface area contributed by atoms with Gasteiger partial charge >= 0.3 is 0 Å². The first kappa shape index (κ1) is 21.4.